The van der Waals surface area contributed by atoms with Gasteiger partial charge in [0.1, 0.15) is 5.75 Å². The molecule has 2 rings (SSSR count). The number of benzene rings is 1. The Morgan fingerprint density at radius 2 is 2.11 bits per heavy atom. The van der Waals surface area contributed by atoms with Crippen LogP contribution < -0.4 is 4.74 Å². The van der Waals surface area contributed by atoms with Gasteiger partial charge < -0.3 is 4.74 Å². The van der Waals surface area contributed by atoms with Gasteiger partial charge in [0.05, 0.1) is 4.88 Å². The molecule has 0 amide bonds. The lowest BCUT2D eigenvalue weighted by Gasteiger charge is -2.06. The molecule has 0 saturated heterocycles. The Balaban J connectivity index is 1.98. The van der Waals surface area contributed by atoms with Gasteiger partial charge in [-0.15, -0.1) is 11.3 Å². The third kappa shape index (κ3) is 3.58. The predicted octanol–water partition coefficient (Wildman–Crippen LogP) is 4.53. The molecule has 0 bridgehead atoms. The molecule has 0 aliphatic heterocycles. The zero-order chi connectivity index (χ0) is 13.8. The molecule has 19 heavy (non-hydrogen) atoms. The highest BCUT2D eigenvalue weighted by Crippen LogP contribution is 2.22. The summed E-state index contributed by atoms with van der Waals surface area (Å²) in [5, 5.41) is 0.699. The number of halogens is 1. The van der Waals surface area contributed by atoms with Gasteiger partial charge in [0.25, 0.3) is 0 Å². The van der Waals surface area contributed by atoms with Crippen LogP contribution in [0.5, 0.6) is 5.75 Å². The summed E-state index contributed by atoms with van der Waals surface area (Å²) in [7, 11) is 0. The quantitative estimate of drug-likeness (QED) is 0.757. The zero-order valence-electron chi connectivity index (χ0n) is 10.9. The van der Waals surface area contributed by atoms with Gasteiger partial charge in [-0.1, -0.05) is 18.5 Å². The van der Waals surface area contributed by atoms with Crippen molar-refractivity contribution in [2.45, 2.75) is 20.3 Å². The molecule has 100 valence electrons. The molecule has 1 heterocycles. The van der Waals surface area contributed by atoms with Crippen LogP contribution in [0.25, 0.3) is 0 Å². The van der Waals surface area contributed by atoms with Crippen LogP contribution in [0.15, 0.2) is 30.3 Å². The van der Waals surface area contributed by atoms with E-state index in [2.05, 4.69) is 6.92 Å². The monoisotopic (exact) mass is 294 g/mol. The maximum Gasteiger partial charge on any atom is 0.210 e. The number of ketones is 1. The van der Waals surface area contributed by atoms with Gasteiger partial charge in [0, 0.05) is 9.90 Å². The summed E-state index contributed by atoms with van der Waals surface area (Å²) in [5.74, 6) is 0.680. The second-order valence-corrected chi connectivity index (χ2v) is 5.82. The topological polar surface area (TPSA) is 26.3 Å². The van der Waals surface area contributed by atoms with Crippen molar-refractivity contribution in [1.29, 1.82) is 0 Å². The number of carbonyl (C=O) groups excluding carboxylic acids is 1. The van der Waals surface area contributed by atoms with Crippen LogP contribution in [0.3, 0.4) is 0 Å². The molecule has 0 spiro atoms. The molecule has 0 radical (unpaired) electrons. The fourth-order valence-corrected chi connectivity index (χ4v) is 2.63. The summed E-state index contributed by atoms with van der Waals surface area (Å²) in [6.45, 7) is 4.04. The molecule has 0 fully saturated rings. The minimum atomic E-state index is 0.0114. The van der Waals surface area contributed by atoms with E-state index in [0.717, 1.165) is 16.9 Å². The Labute approximate surface area is 122 Å². The van der Waals surface area contributed by atoms with E-state index in [4.69, 9.17) is 16.3 Å². The number of rotatable bonds is 5. The van der Waals surface area contributed by atoms with Crippen molar-refractivity contribution in [2.75, 3.05) is 6.61 Å². The van der Waals surface area contributed by atoms with Crippen molar-refractivity contribution >= 4 is 28.7 Å². The van der Waals surface area contributed by atoms with E-state index >= 15 is 0 Å². The third-order valence-electron chi connectivity index (χ3n) is 2.78. The highest BCUT2D eigenvalue weighted by Gasteiger charge is 2.10. The normalized spacial score (nSPS) is 10.5. The van der Waals surface area contributed by atoms with Gasteiger partial charge in [0.15, 0.2) is 6.61 Å². The fourth-order valence-electron chi connectivity index (χ4n) is 1.64. The Bertz CT molecular complexity index is 590. The first-order valence-corrected chi connectivity index (χ1v) is 7.30. The molecule has 1 aromatic heterocycles. The Morgan fingerprint density at radius 3 is 2.74 bits per heavy atom. The van der Waals surface area contributed by atoms with Crippen LogP contribution in [0, 0.1) is 6.92 Å². The first kappa shape index (κ1) is 14.1. The van der Waals surface area contributed by atoms with Crippen LogP contribution in [-0.4, -0.2) is 12.4 Å². The average molecular weight is 295 g/mol. The average Bonchev–Trinajstić information content (AvgIpc) is 2.88. The maximum atomic E-state index is 12.0. The Hall–Kier alpha value is -1.32. The molecular formula is C15H15ClO2S. The first-order chi connectivity index (χ1) is 9.10. The highest BCUT2D eigenvalue weighted by atomic mass is 35.5. The summed E-state index contributed by atoms with van der Waals surface area (Å²) in [5.41, 5.74) is 0.941. The summed E-state index contributed by atoms with van der Waals surface area (Å²) in [6.07, 6.45) is 0.954. The molecule has 0 aliphatic rings. The SMILES string of the molecule is CCc1ccc(C(=O)COc2ccc(Cl)c(C)c2)s1. The molecule has 0 aliphatic carbocycles. The lowest BCUT2D eigenvalue weighted by molar-refractivity contribution is 0.0925. The molecule has 0 N–H and O–H groups in total. The molecule has 2 aromatic rings. The van der Waals surface area contributed by atoms with E-state index in [-0.39, 0.29) is 12.4 Å². The second-order valence-electron chi connectivity index (χ2n) is 4.24. The van der Waals surface area contributed by atoms with Gasteiger partial charge in [0.2, 0.25) is 5.78 Å². The van der Waals surface area contributed by atoms with Gasteiger partial charge in [-0.3, -0.25) is 4.79 Å². The molecule has 1 aromatic carbocycles. The van der Waals surface area contributed by atoms with Gasteiger partial charge in [-0.05, 0) is 49.2 Å². The minimum absolute atomic E-state index is 0.0114. The standard InChI is InChI=1S/C15H15ClO2S/c1-3-12-5-7-15(19-12)14(17)9-18-11-4-6-13(16)10(2)8-11/h4-8H,3,9H2,1-2H3. The number of hydrogen-bond donors (Lipinski definition) is 0. The van der Waals surface area contributed by atoms with Crippen molar-refractivity contribution < 1.29 is 9.53 Å². The van der Waals surface area contributed by atoms with Crippen molar-refractivity contribution in [3.05, 3.63) is 50.7 Å². The number of ether oxygens (including phenoxy) is 1. The second kappa shape index (κ2) is 6.22. The lowest BCUT2D eigenvalue weighted by Crippen LogP contribution is -2.10. The van der Waals surface area contributed by atoms with Crippen molar-refractivity contribution in [3.63, 3.8) is 0 Å². The van der Waals surface area contributed by atoms with Crippen molar-refractivity contribution in [1.82, 2.24) is 0 Å². The smallest absolute Gasteiger partial charge is 0.210 e. The van der Waals surface area contributed by atoms with Crippen LogP contribution in [0.2, 0.25) is 5.02 Å². The summed E-state index contributed by atoms with van der Waals surface area (Å²) in [4.78, 5) is 13.9. The van der Waals surface area contributed by atoms with Gasteiger partial charge in [-0.2, -0.15) is 0 Å². The van der Waals surface area contributed by atoms with E-state index in [0.29, 0.717) is 10.8 Å². The number of carbonyl (C=O) groups is 1. The molecule has 4 heteroatoms. The van der Waals surface area contributed by atoms with E-state index in [1.54, 1.807) is 12.1 Å². The van der Waals surface area contributed by atoms with E-state index in [1.807, 2.05) is 25.1 Å². The van der Waals surface area contributed by atoms with Crippen LogP contribution in [-0.2, 0) is 6.42 Å². The number of hydrogen-bond acceptors (Lipinski definition) is 3. The van der Waals surface area contributed by atoms with Crippen LogP contribution >= 0.6 is 22.9 Å². The predicted molar refractivity (Wildman–Crippen MR) is 79.7 cm³/mol. The molecular weight excluding hydrogens is 280 g/mol. The van der Waals surface area contributed by atoms with Crippen LogP contribution in [0.1, 0.15) is 27.0 Å². The summed E-state index contributed by atoms with van der Waals surface area (Å²) >= 11 is 7.47. The maximum absolute atomic E-state index is 12.0. The highest BCUT2D eigenvalue weighted by molar-refractivity contribution is 7.14. The number of thiophene rings is 1. The Kier molecular flexibility index (Phi) is 4.61. The third-order valence-corrected chi connectivity index (χ3v) is 4.48. The zero-order valence-corrected chi connectivity index (χ0v) is 12.5. The number of aryl methyl sites for hydroxylation is 2. The van der Waals surface area contributed by atoms with Gasteiger partial charge >= 0.3 is 0 Å². The summed E-state index contributed by atoms with van der Waals surface area (Å²) < 4.78 is 5.50. The van der Waals surface area contributed by atoms with E-state index in [1.165, 1.54) is 16.2 Å². The Morgan fingerprint density at radius 1 is 1.32 bits per heavy atom. The first-order valence-electron chi connectivity index (χ1n) is 6.11. The van der Waals surface area contributed by atoms with Crippen LogP contribution in [0.4, 0.5) is 0 Å². The molecule has 2 nitrogen and oxygen atoms in total. The van der Waals surface area contributed by atoms with Crippen molar-refractivity contribution in [3.8, 4) is 5.75 Å². The largest absolute Gasteiger partial charge is 0.485 e. The van der Waals surface area contributed by atoms with Gasteiger partial charge in [-0.25, -0.2) is 0 Å². The van der Waals surface area contributed by atoms with E-state index < -0.39 is 0 Å². The molecule has 0 atom stereocenters. The van der Waals surface area contributed by atoms with E-state index in [9.17, 15) is 4.79 Å². The molecule has 0 saturated carbocycles. The van der Waals surface area contributed by atoms with Crippen molar-refractivity contribution in [2.24, 2.45) is 0 Å². The lowest BCUT2D eigenvalue weighted by atomic mass is 10.2. The summed E-state index contributed by atoms with van der Waals surface area (Å²) in [6, 6.07) is 9.24. The fraction of sp³-hybridized carbons (Fsp3) is 0.267. The minimum Gasteiger partial charge on any atom is -0.485 e. The molecule has 0 unspecified atom stereocenters. The number of Topliss-reactive ketones (excluding diaryl/α,β-unsaturated/α-hetero) is 1.